The number of rotatable bonds is 6. The summed E-state index contributed by atoms with van der Waals surface area (Å²) in [5.74, 6) is 0.931. The molecular weight excluding hydrogens is 234 g/mol. The van der Waals surface area contributed by atoms with Crippen molar-refractivity contribution in [2.45, 2.75) is 32.7 Å². The molecule has 1 amide bonds. The minimum absolute atomic E-state index is 0.0227. The summed E-state index contributed by atoms with van der Waals surface area (Å²) in [5.41, 5.74) is 1.16. The van der Waals surface area contributed by atoms with Crippen molar-refractivity contribution in [2.75, 3.05) is 5.88 Å². The van der Waals surface area contributed by atoms with Gasteiger partial charge in [-0.15, -0.1) is 11.6 Å². The van der Waals surface area contributed by atoms with Gasteiger partial charge in [-0.05, 0) is 17.9 Å². The van der Waals surface area contributed by atoms with Crippen molar-refractivity contribution in [2.24, 2.45) is 5.92 Å². The van der Waals surface area contributed by atoms with Crippen molar-refractivity contribution in [3.8, 4) is 0 Å². The van der Waals surface area contributed by atoms with Gasteiger partial charge >= 0.3 is 0 Å². The minimum atomic E-state index is 0.0227. The fourth-order valence-corrected chi connectivity index (χ4v) is 1.96. The van der Waals surface area contributed by atoms with Crippen LogP contribution in [0.3, 0.4) is 0 Å². The lowest BCUT2D eigenvalue weighted by Crippen LogP contribution is -2.29. The molecule has 1 rings (SSSR count). The van der Waals surface area contributed by atoms with Crippen molar-refractivity contribution in [1.82, 2.24) is 5.32 Å². The molecule has 1 aromatic carbocycles. The zero-order valence-electron chi connectivity index (χ0n) is 10.4. The molecule has 17 heavy (non-hydrogen) atoms. The first kappa shape index (κ1) is 14.0. The Hall–Kier alpha value is -1.02. The summed E-state index contributed by atoms with van der Waals surface area (Å²) in [5, 5.41) is 3.04. The fraction of sp³-hybridized carbons (Fsp3) is 0.500. The second kappa shape index (κ2) is 7.33. The van der Waals surface area contributed by atoms with Crippen molar-refractivity contribution in [3.05, 3.63) is 35.9 Å². The Bertz CT molecular complexity index is 337. The SMILES string of the molecule is CC(C)CC(NC(=O)CCCl)c1ccccc1. The average molecular weight is 254 g/mol. The van der Waals surface area contributed by atoms with Gasteiger partial charge in [-0.3, -0.25) is 4.79 Å². The predicted molar refractivity (Wildman–Crippen MR) is 72.1 cm³/mol. The van der Waals surface area contributed by atoms with E-state index in [1.165, 1.54) is 0 Å². The van der Waals surface area contributed by atoms with E-state index in [-0.39, 0.29) is 11.9 Å². The van der Waals surface area contributed by atoms with Crippen LogP contribution in [0.15, 0.2) is 30.3 Å². The molecule has 0 fully saturated rings. The van der Waals surface area contributed by atoms with Crippen molar-refractivity contribution < 1.29 is 4.79 Å². The van der Waals surface area contributed by atoms with Crippen LogP contribution >= 0.6 is 11.6 Å². The van der Waals surface area contributed by atoms with E-state index in [1.54, 1.807) is 0 Å². The molecule has 2 nitrogen and oxygen atoms in total. The second-order valence-corrected chi connectivity index (χ2v) is 4.98. The van der Waals surface area contributed by atoms with Gasteiger partial charge in [0.25, 0.3) is 0 Å². The molecule has 0 aliphatic heterocycles. The average Bonchev–Trinajstić information content (AvgIpc) is 2.29. The molecule has 0 radical (unpaired) electrons. The maximum atomic E-state index is 11.6. The number of amides is 1. The number of hydrogen-bond acceptors (Lipinski definition) is 1. The third kappa shape index (κ3) is 5.22. The van der Waals surface area contributed by atoms with Crippen LogP contribution in [0.4, 0.5) is 0 Å². The van der Waals surface area contributed by atoms with Gasteiger partial charge in [0, 0.05) is 12.3 Å². The van der Waals surface area contributed by atoms with Crippen LogP contribution in [-0.4, -0.2) is 11.8 Å². The summed E-state index contributed by atoms with van der Waals surface area (Å²) in [7, 11) is 0. The Kier molecular flexibility index (Phi) is 6.06. The zero-order chi connectivity index (χ0) is 12.7. The molecule has 94 valence electrons. The summed E-state index contributed by atoms with van der Waals surface area (Å²) >= 11 is 5.57. The van der Waals surface area contributed by atoms with Gasteiger partial charge in [0.2, 0.25) is 5.91 Å². The lowest BCUT2D eigenvalue weighted by molar-refractivity contribution is -0.121. The summed E-state index contributed by atoms with van der Waals surface area (Å²) < 4.78 is 0. The van der Waals surface area contributed by atoms with Gasteiger partial charge in [-0.1, -0.05) is 44.2 Å². The summed E-state index contributed by atoms with van der Waals surface area (Å²) in [6, 6.07) is 10.2. The van der Waals surface area contributed by atoms with Crippen LogP contribution < -0.4 is 5.32 Å². The smallest absolute Gasteiger partial charge is 0.221 e. The molecule has 1 unspecified atom stereocenters. The number of benzene rings is 1. The zero-order valence-corrected chi connectivity index (χ0v) is 11.2. The molecule has 1 atom stereocenters. The first-order chi connectivity index (χ1) is 8.13. The minimum Gasteiger partial charge on any atom is -0.349 e. The number of nitrogens with one attached hydrogen (secondary N) is 1. The van der Waals surface area contributed by atoms with E-state index >= 15 is 0 Å². The number of carbonyl (C=O) groups excluding carboxylic acids is 1. The van der Waals surface area contributed by atoms with Crippen LogP contribution in [-0.2, 0) is 4.79 Å². The molecule has 0 aliphatic carbocycles. The number of carbonyl (C=O) groups is 1. The normalized spacial score (nSPS) is 12.5. The summed E-state index contributed by atoms with van der Waals surface area (Å²) in [6.07, 6.45) is 1.32. The highest BCUT2D eigenvalue weighted by Gasteiger charge is 2.15. The van der Waals surface area contributed by atoms with Crippen LogP contribution in [0.5, 0.6) is 0 Å². The molecule has 1 N–H and O–H groups in total. The fourth-order valence-electron chi connectivity index (χ4n) is 1.79. The van der Waals surface area contributed by atoms with Crippen LogP contribution in [0.2, 0.25) is 0 Å². The maximum absolute atomic E-state index is 11.6. The highest BCUT2D eigenvalue weighted by molar-refractivity contribution is 6.18. The standard InChI is InChI=1S/C14H20ClNO/c1-11(2)10-13(16-14(17)8-9-15)12-6-4-3-5-7-12/h3-7,11,13H,8-10H2,1-2H3,(H,16,17). The summed E-state index contributed by atoms with van der Waals surface area (Å²) in [6.45, 7) is 4.31. The first-order valence-electron chi connectivity index (χ1n) is 6.03. The van der Waals surface area contributed by atoms with E-state index in [4.69, 9.17) is 11.6 Å². The molecule has 0 saturated carbocycles. The third-order valence-electron chi connectivity index (χ3n) is 2.57. The van der Waals surface area contributed by atoms with Crippen molar-refractivity contribution in [1.29, 1.82) is 0 Å². The van der Waals surface area contributed by atoms with E-state index < -0.39 is 0 Å². The molecule has 0 bridgehead atoms. The van der Waals surface area contributed by atoms with E-state index in [1.807, 2.05) is 30.3 Å². The van der Waals surface area contributed by atoms with E-state index in [2.05, 4.69) is 19.2 Å². The Balaban J connectivity index is 2.70. The van der Waals surface area contributed by atoms with E-state index in [9.17, 15) is 4.79 Å². The van der Waals surface area contributed by atoms with Crippen molar-refractivity contribution >= 4 is 17.5 Å². The largest absolute Gasteiger partial charge is 0.349 e. The maximum Gasteiger partial charge on any atom is 0.221 e. The monoisotopic (exact) mass is 253 g/mol. The Labute approximate surface area is 108 Å². The highest BCUT2D eigenvalue weighted by atomic mass is 35.5. The van der Waals surface area contributed by atoms with E-state index in [0.717, 1.165) is 12.0 Å². The molecular formula is C14H20ClNO. The molecule has 3 heteroatoms. The molecule has 0 saturated heterocycles. The lowest BCUT2D eigenvalue weighted by Gasteiger charge is -2.21. The van der Waals surface area contributed by atoms with Gasteiger partial charge in [0.1, 0.15) is 0 Å². The Morgan fingerprint density at radius 1 is 1.29 bits per heavy atom. The van der Waals surface area contributed by atoms with Gasteiger partial charge in [0.15, 0.2) is 0 Å². The Morgan fingerprint density at radius 3 is 2.47 bits per heavy atom. The van der Waals surface area contributed by atoms with Gasteiger partial charge < -0.3 is 5.32 Å². The molecule has 1 aromatic rings. The molecule has 0 aromatic heterocycles. The van der Waals surface area contributed by atoms with Gasteiger partial charge in [-0.2, -0.15) is 0 Å². The number of hydrogen-bond donors (Lipinski definition) is 1. The quantitative estimate of drug-likeness (QED) is 0.773. The van der Waals surface area contributed by atoms with E-state index in [0.29, 0.717) is 18.2 Å². The summed E-state index contributed by atoms with van der Waals surface area (Å²) in [4.78, 5) is 11.6. The number of halogens is 1. The Morgan fingerprint density at radius 2 is 1.94 bits per heavy atom. The molecule has 0 spiro atoms. The van der Waals surface area contributed by atoms with Crippen LogP contribution in [0, 0.1) is 5.92 Å². The molecule has 0 heterocycles. The van der Waals surface area contributed by atoms with Gasteiger partial charge in [-0.25, -0.2) is 0 Å². The highest BCUT2D eigenvalue weighted by Crippen LogP contribution is 2.21. The second-order valence-electron chi connectivity index (χ2n) is 4.60. The predicted octanol–water partition coefficient (Wildman–Crippen LogP) is 3.52. The topological polar surface area (TPSA) is 29.1 Å². The van der Waals surface area contributed by atoms with Crippen molar-refractivity contribution in [3.63, 3.8) is 0 Å². The number of alkyl halides is 1. The molecule has 0 aliphatic rings. The van der Waals surface area contributed by atoms with Gasteiger partial charge in [0.05, 0.1) is 6.04 Å². The lowest BCUT2D eigenvalue weighted by atomic mass is 9.97. The first-order valence-corrected chi connectivity index (χ1v) is 6.57. The third-order valence-corrected chi connectivity index (χ3v) is 2.75. The van der Waals surface area contributed by atoms with Crippen LogP contribution in [0.25, 0.3) is 0 Å². The van der Waals surface area contributed by atoms with Crippen LogP contribution in [0.1, 0.15) is 38.3 Å².